The average Bonchev–Trinajstić information content (AvgIpc) is 3.51. The van der Waals surface area contributed by atoms with Gasteiger partial charge in [-0.15, -0.1) is 0 Å². The van der Waals surface area contributed by atoms with Crippen LogP contribution in [-0.4, -0.2) is 49.2 Å². The number of aromatic amines is 1. The van der Waals surface area contributed by atoms with Crippen LogP contribution in [0.4, 0.5) is 5.69 Å². The Morgan fingerprint density at radius 2 is 1.89 bits per heavy atom. The van der Waals surface area contributed by atoms with Gasteiger partial charge >= 0.3 is 0 Å². The highest BCUT2D eigenvalue weighted by Crippen LogP contribution is 2.37. The number of anilines is 1. The second-order valence-electron chi connectivity index (χ2n) is 9.64. The summed E-state index contributed by atoms with van der Waals surface area (Å²) in [6.45, 7) is 4.74. The molecule has 1 atom stereocenters. The monoisotopic (exact) mass is 572 g/mol. The van der Waals surface area contributed by atoms with E-state index in [0.717, 1.165) is 6.42 Å². The Hall–Kier alpha value is -3.11. The topological polar surface area (TPSA) is 125 Å². The van der Waals surface area contributed by atoms with Crippen molar-refractivity contribution < 1.29 is 18.0 Å². The van der Waals surface area contributed by atoms with Crippen molar-refractivity contribution in [2.24, 2.45) is 5.73 Å². The molecule has 2 aliphatic rings. The molecule has 8 nitrogen and oxygen atoms in total. The van der Waals surface area contributed by atoms with Crippen molar-refractivity contribution >= 4 is 62.2 Å². The summed E-state index contributed by atoms with van der Waals surface area (Å²) in [4.78, 5) is 31.0. The van der Waals surface area contributed by atoms with E-state index in [4.69, 9.17) is 28.9 Å². The van der Waals surface area contributed by atoms with Gasteiger partial charge in [-0.2, -0.15) is 0 Å². The van der Waals surface area contributed by atoms with E-state index >= 15 is 0 Å². The molecular formula is C27H26Cl2N4O4S. The number of nitrogens with one attached hydrogen (secondary N) is 2. The zero-order valence-electron chi connectivity index (χ0n) is 20.8. The molecular weight excluding hydrogens is 547 g/mol. The number of amides is 2. The third-order valence-corrected chi connectivity index (χ3v) is 9.37. The fourth-order valence-corrected chi connectivity index (χ4v) is 7.08. The van der Waals surface area contributed by atoms with E-state index in [2.05, 4.69) is 10.3 Å². The van der Waals surface area contributed by atoms with Crippen molar-refractivity contribution in [3.05, 3.63) is 80.1 Å². The van der Waals surface area contributed by atoms with Gasteiger partial charge in [0, 0.05) is 57.4 Å². The molecule has 11 heteroatoms. The van der Waals surface area contributed by atoms with Crippen LogP contribution in [0.15, 0.2) is 41.3 Å². The number of fused-ring (bicyclic) bond motifs is 1. The lowest BCUT2D eigenvalue weighted by atomic mass is 10.0. The molecule has 2 aromatic carbocycles. The first kappa shape index (κ1) is 26.5. The largest absolute Gasteiger partial charge is 0.358 e. The van der Waals surface area contributed by atoms with Crippen molar-refractivity contribution in [3.63, 3.8) is 0 Å². The number of carbonyl (C=O) groups excluding carboxylic acids is 2. The van der Waals surface area contributed by atoms with E-state index in [0.29, 0.717) is 58.0 Å². The third-order valence-electron chi connectivity index (χ3n) is 7.02. The van der Waals surface area contributed by atoms with Crippen LogP contribution in [0.25, 0.3) is 11.6 Å². The molecule has 3 aromatic rings. The summed E-state index contributed by atoms with van der Waals surface area (Å²) in [6, 6.07) is 9.27. The first-order chi connectivity index (χ1) is 18.0. The summed E-state index contributed by atoms with van der Waals surface area (Å²) >= 11 is 12.4. The minimum atomic E-state index is -3.83. The molecule has 0 unspecified atom stereocenters. The Kier molecular flexibility index (Phi) is 6.89. The van der Waals surface area contributed by atoms with Crippen LogP contribution in [0.3, 0.4) is 0 Å². The van der Waals surface area contributed by atoms with Crippen molar-refractivity contribution in [1.29, 1.82) is 0 Å². The standard InChI is InChI=1S/C27H26Cl2N4O4S/c1-14-24(31-15(2)25(14)27(35)33-9-8-16(30)12-33)11-19-18-10-17(6-7-23(18)32-26(19)34)38(36,37)13-20-21(28)4-3-5-22(20)29/h3-7,10-11,16,31H,8-9,12-13,30H2,1-2H3,(H,32,34)/b19-11-/t16-/m1/s1. The van der Waals surface area contributed by atoms with Gasteiger partial charge in [-0.25, -0.2) is 8.42 Å². The quantitative estimate of drug-likeness (QED) is 0.386. The van der Waals surface area contributed by atoms with E-state index in [-0.39, 0.29) is 38.5 Å². The summed E-state index contributed by atoms with van der Waals surface area (Å²) in [6.07, 6.45) is 2.41. The van der Waals surface area contributed by atoms with Gasteiger partial charge in [0.1, 0.15) is 0 Å². The van der Waals surface area contributed by atoms with Gasteiger partial charge in [0.05, 0.1) is 21.8 Å². The highest BCUT2D eigenvalue weighted by Gasteiger charge is 2.30. The number of nitrogens with zero attached hydrogens (tertiary/aromatic N) is 1. The summed E-state index contributed by atoms with van der Waals surface area (Å²) in [5, 5.41) is 3.31. The molecule has 0 bridgehead atoms. The molecule has 0 spiro atoms. The van der Waals surface area contributed by atoms with Gasteiger partial charge in [0.15, 0.2) is 9.84 Å². The number of hydrogen-bond donors (Lipinski definition) is 3. The fraction of sp³-hybridized carbons (Fsp3) is 0.259. The van der Waals surface area contributed by atoms with Crippen LogP contribution in [0.5, 0.6) is 0 Å². The number of H-pyrrole nitrogens is 1. The van der Waals surface area contributed by atoms with Crippen molar-refractivity contribution in [1.82, 2.24) is 9.88 Å². The third kappa shape index (κ3) is 4.75. The maximum Gasteiger partial charge on any atom is 0.256 e. The smallest absolute Gasteiger partial charge is 0.256 e. The Balaban J connectivity index is 1.50. The zero-order valence-corrected chi connectivity index (χ0v) is 23.1. The van der Waals surface area contributed by atoms with Crippen LogP contribution in [0.2, 0.25) is 10.0 Å². The Morgan fingerprint density at radius 3 is 2.55 bits per heavy atom. The molecule has 1 saturated heterocycles. The van der Waals surface area contributed by atoms with Gasteiger partial charge in [0.25, 0.3) is 11.8 Å². The Morgan fingerprint density at radius 1 is 1.18 bits per heavy atom. The highest BCUT2D eigenvalue weighted by atomic mass is 35.5. The molecule has 1 aromatic heterocycles. The van der Waals surface area contributed by atoms with Crippen LogP contribution in [-0.2, 0) is 20.4 Å². The number of aromatic nitrogens is 1. The van der Waals surface area contributed by atoms with Crippen molar-refractivity contribution in [2.45, 2.75) is 37.0 Å². The van der Waals surface area contributed by atoms with Gasteiger partial charge in [0.2, 0.25) is 0 Å². The molecule has 38 heavy (non-hydrogen) atoms. The number of likely N-dealkylation sites (tertiary alicyclic amines) is 1. The minimum absolute atomic E-state index is 0.0294. The number of benzene rings is 2. The van der Waals surface area contributed by atoms with Gasteiger partial charge in [-0.3, -0.25) is 9.59 Å². The normalized spacial score (nSPS) is 18.2. The van der Waals surface area contributed by atoms with E-state index < -0.39 is 9.84 Å². The second-order valence-corrected chi connectivity index (χ2v) is 12.4. The van der Waals surface area contributed by atoms with Crippen molar-refractivity contribution in [3.8, 4) is 0 Å². The Labute approximate surface area is 230 Å². The number of nitrogens with two attached hydrogens (primary N) is 1. The number of carbonyl (C=O) groups is 2. The molecule has 0 radical (unpaired) electrons. The first-order valence-electron chi connectivity index (χ1n) is 12.0. The number of sulfone groups is 1. The summed E-state index contributed by atoms with van der Waals surface area (Å²) in [5.74, 6) is -0.851. The predicted octanol–water partition coefficient (Wildman–Crippen LogP) is 4.58. The van der Waals surface area contributed by atoms with E-state index in [1.54, 1.807) is 35.2 Å². The second kappa shape index (κ2) is 9.89. The molecule has 2 amide bonds. The number of aryl methyl sites for hydroxylation is 1. The summed E-state index contributed by atoms with van der Waals surface area (Å²) < 4.78 is 26.6. The van der Waals surface area contributed by atoms with Crippen molar-refractivity contribution in [2.75, 3.05) is 18.4 Å². The average molecular weight is 574 g/mol. The molecule has 0 aliphatic carbocycles. The van der Waals surface area contributed by atoms with Gasteiger partial charge < -0.3 is 20.9 Å². The van der Waals surface area contributed by atoms with Crippen LogP contribution < -0.4 is 11.1 Å². The van der Waals surface area contributed by atoms with Gasteiger partial charge in [-0.1, -0.05) is 29.3 Å². The maximum absolute atomic E-state index is 13.3. The van der Waals surface area contributed by atoms with Crippen LogP contribution in [0.1, 0.15) is 44.9 Å². The highest BCUT2D eigenvalue weighted by molar-refractivity contribution is 7.90. The first-order valence-corrected chi connectivity index (χ1v) is 14.4. The van der Waals surface area contributed by atoms with Gasteiger partial charge in [-0.05, 0) is 62.2 Å². The number of halogens is 2. The van der Waals surface area contributed by atoms with E-state index in [9.17, 15) is 18.0 Å². The molecule has 4 N–H and O–H groups in total. The van der Waals surface area contributed by atoms with Crippen LogP contribution >= 0.6 is 23.2 Å². The summed E-state index contributed by atoms with van der Waals surface area (Å²) in [5.41, 5.74) is 10.1. The minimum Gasteiger partial charge on any atom is -0.358 e. The summed E-state index contributed by atoms with van der Waals surface area (Å²) in [7, 11) is -3.83. The Bertz CT molecular complexity index is 1610. The predicted molar refractivity (Wildman–Crippen MR) is 149 cm³/mol. The fourth-order valence-electron chi connectivity index (χ4n) is 4.96. The molecule has 3 heterocycles. The molecule has 2 aliphatic heterocycles. The lowest BCUT2D eigenvalue weighted by Crippen LogP contribution is -2.32. The van der Waals surface area contributed by atoms with E-state index in [1.807, 2.05) is 13.8 Å². The number of hydrogen-bond acceptors (Lipinski definition) is 5. The van der Waals surface area contributed by atoms with E-state index in [1.165, 1.54) is 12.1 Å². The lowest BCUT2D eigenvalue weighted by molar-refractivity contribution is -0.110. The molecule has 198 valence electrons. The maximum atomic E-state index is 13.3. The molecule has 5 rings (SSSR count). The van der Waals surface area contributed by atoms with Crippen LogP contribution in [0, 0.1) is 13.8 Å². The number of rotatable bonds is 5. The molecule has 1 fully saturated rings. The SMILES string of the molecule is Cc1[nH]c(/C=C2\C(=O)Nc3ccc(S(=O)(=O)Cc4c(Cl)cccc4Cl)cc32)c(C)c1C(=O)N1CC[C@@H](N)C1. The zero-order chi connectivity index (χ0) is 27.4. The lowest BCUT2D eigenvalue weighted by Gasteiger charge is -2.16. The molecule has 0 saturated carbocycles.